The molecule has 3 nitrogen and oxygen atoms in total. The Balaban J connectivity index is 2.33. The molecule has 0 unspecified atom stereocenters. The summed E-state index contributed by atoms with van der Waals surface area (Å²) in [5.41, 5.74) is 0. The number of rotatable bonds is 2. The first-order chi connectivity index (χ1) is 8.06. The van der Waals surface area contributed by atoms with E-state index in [2.05, 4.69) is 9.97 Å². The second-order valence-corrected chi connectivity index (χ2v) is 4.60. The molecule has 0 bridgehead atoms. The number of ether oxygens (including phenoxy) is 1. The molecule has 2 heterocycles. The predicted octanol–water partition coefficient (Wildman–Crippen LogP) is 4.88. The van der Waals surface area contributed by atoms with Crippen molar-refractivity contribution in [2.24, 2.45) is 0 Å². The molecule has 0 radical (unpaired) electrons. The van der Waals surface area contributed by atoms with Gasteiger partial charge in [0.1, 0.15) is 10.8 Å². The summed E-state index contributed by atoms with van der Waals surface area (Å²) in [6.45, 7) is 0. The molecule has 0 atom stereocenters. The van der Waals surface area contributed by atoms with Gasteiger partial charge in [-0.3, -0.25) is 4.98 Å². The van der Waals surface area contributed by atoms with E-state index in [-0.39, 0.29) is 21.1 Å². The Morgan fingerprint density at radius 3 is 2.41 bits per heavy atom. The number of aromatic nitrogens is 2. The van der Waals surface area contributed by atoms with Crippen molar-refractivity contribution in [3.63, 3.8) is 0 Å². The average molecular weight is 310 g/mol. The Kier molecular flexibility index (Phi) is 3.94. The molecule has 0 aliphatic carbocycles. The molecule has 2 aromatic heterocycles. The van der Waals surface area contributed by atoms with E-state index in [4.69, 9.17) is 51.1 Å². The van der Waals surface area contributed by atoms with Gasteiger partial charge in [-0.1, -0.05) is 46.4 Å². The highest BCUT2D eigenvalue weighted by molar-refractivity contribution is 6.42. The Morgan fingerprint density at radius 2 is 1.71 bits per heavy atom. The fourth-order valence-corrected chi connectivity index (χ4v) is 1.75. The van der Waals surface area contributed by atoms with Gasteiger partial charge in [0, 0.05) is 12.3 Å². The Morgan fingerprint density at radius 1 is 0.941 bits per heavy atom. The van der Waals surface area contributed by atoms with Gasteiger partial charge >= 0.3 is 0 Å². The minimum atomic E-state index is 0.112. The summed E-state index contributed by atoms with van der Waals surface area (Å²) in [5, 5.41) is 1.06. The van der Waals surface area contributed by atoms with Gasteiger partial charge in [0.05, 0.1) is 16.2 Å². The molecule has 0 amide bonds. The molecular formula is C10H4Cl4N2O. The number of halogens is 4. The third-order valence-electron chi connectivity index (χ3n) is 1.75. The van der Waals surface area contributed by atoms with Crippen LogP contribution in [0.4, 0.5) is 0 Å². The first-order valence-corrected chi connectivity index (χ1v) is 5.87. The van der Waals surface area contributed by atoms with Gasteiger partial charge in [-0.05, 0) is 6.07 Å². The van der Waals surface area contributed by atoms with Gasteiger partial charge < -0.3 is 4.74 Å². The topological polar surface area (TPSA) is 35.0 Å². The van der Waals surface area contributed by atoms with Crippen molar-refractivity contribution in [1.29, 1.82) is 0 Å². The summed E-state index contributed by atoms with van der Waals surface area (Å²) >= 11 is 23.2. The molecule has 0 fully saturated rings. The maximum absolute atomic E-state index is 5.91. The first-order valence-electron chi connectivity index (χ1n) is 4.36. The summed E-state index contributed by atoms with van der Waals surface area (Å²) in [5.74, 6) is 0.551. The highest BCUT2D eigenvalue weighted by atomic mass is 35.5. The Labute approximate surface area is 117 Å². The molecule has 0 N–H and O–H groups in total. The summed E-state index contributed by atoms with van der Waals surface area (Å²) in [7, 11) is 0. The summed E-state index contributed by atoms with van der Waals surface area (Å²) in [6, 6.07) is 3.03. The van der Waals surface area contributed by atoms with Gasteiger partial charge in [0.15, 0.2) is 5.15 Å². The predicted molar refractivity (Wildman–Crippen MR) is 68.6 cm³/mol. The number of pyridine rings is 2. The van der Waals surface area contributed by atoms with Crippen molar-refractivity contribution in [3.05, 3.63) is 44.7 Å². The lowest BCUT2D eigenvalue weighted by Crippen LogP contribution is -1.91. The first kappa shape index (κ1) is 12.7. The number of hydrogen-bond donors (Lipinski definition) is 0. The maximum Gasteiger partial charge on any atom is 0.239 e. The molecule has 2 rings (SSSR count). The van der Waals surface area contributed by atoms with E-state index in [0.717, 1.165) is 0 Å². The second-order valence-electron chi connectivity index (χ2n) is 2.99. The minimum absolute atomic E-state index is 0.112. The number of nitrogens with zero attached hydrogens (tertiary/aromatic N) is 2. The van der Waals surface area contributed by atoms with E-state index in [9.17, 15) is 0 Å². The van der Waals surface area contributed by atoms with Gasteiger partial charge in [0.25, 0.3) is 0 Å². The van der Waals surface area contributed by atoms with E-state index < -0.39 is 0 Å². The van der Waals surface area contributed by atoms with Crippen molar-refractivity contribution in [2.75, 3.05) is 0 Å². The van der Waals surface area contributed by atoms with Crippen LogP contribution >= 0.6 is 46.4 Å². The average Bonchev–Trinajstić information content (AvgIpc) is 2.26. The Bertz CT molecular complexity index is 562. The monoisotopic (exact) mass is 308 g/mol. The molecule has 0 saturated heterocycles. The van der Waals surface area contributed by atoms with E-state index in [1.165, 1.54) is 18.5 Å². The lowest BCUT2D eigenvalue weighted by molar-refractivity contribution is 0.461. The molecule has 0 saturated carbocycles. The molecule has 2 aromatic rings. The number of hydrogen-bond acceptors (Lipinski definition) is 3. The van der Waals surface area contributed by atoms with Crippen LogP contribution in [0.5, 0.6) is 11.6 Å². The molecule has 0 aromatic carbocycles. The van der Waals surface area contributed by atoms with Gasteiger partial charge in [-0.25, -0.2) is 0 Å². The lowest BCUT2D eigenvalue weighted by atomic mass is 10.4. The quantitative estimate of drug-likeness (QED) is 0.741. The fraction of sp³-hybridized carbons (Fsp3) is 0. The summed E-state index contributed by atoms with van der Waals surface area (Å²) in [4.78, 5) is 7.77. The standard InChI is InChI=1S/C10H4Cl4N2O/c11-5-1-6(4-15-3-5)17-10-8(13)2-7(12)9(14)16-10/h1-4H. The van der Waals surface area contributed by atoms with Crippen LogP contribution in [0.3, 0.4) is 0 Å². The van der Waals surface area contributed by atoms with Gasteiger partial charge in [0.2, 0.25) is 5.88 Å². The van der Waals surface area contributed by atoms with E-state index in [1.54, 1.807) is 6.07 Å². The molecule has 0 aliphatic rings. The smallest absolute Gasteiger partial charge is 0.239 e. The van der Waals surface area contributed by atoms with Crippen molar-refractivity contribution in [3.8, 4) is 11.6 Å². The molecule has 7 heteroatoms. The summed E-state index contributed by atoms with van der Waals surface area (Å²) < 4.78 is 5.39. The van der Waals surface area contributed by atoms with Gasteiger partial charge in [-0.2, -0.15) is 4.98 Å². The normalized spacial score (nSPS) is 10.4. The highest BCUT2D eigenvalue weighted by Crippen LogP contribution is 2.33. The molecular weight excluding hydrogens is 306 g/mol. The second kappa shape index (κ2) is 5.27. The minimum Gasteiger partial charge on any atom is -0.436 e. The van der Waals surface area contributed by atoms with Crippen molar-refractivity contribution in [1.82, 2.24) is 9.97 Å². The molecule has 17 heavy (non-hydrogen) atoms. The lowest BCUT2D eigenvalue weighted by Gasteiger charge is -2.07. The molecule has 88 valence electrons. The third-order valence-corrected chi connectivity index (χ3v) is 2.90. The van der Waals surface area contributed by atoms with Crippen LogP contribution in [-0.2, 0) is 0 Å². The molecule has 0 spiro atoms. The van der Waals surface area contributed by atoms with Crippen LogP contribution in [0, 0.1) is 0 Å². The molecule has 0 aliphatic heterocycles. The summed E-state index contributed by atoms with van der Waals surface area (Å²) in [6.07, 6.45) is 2.96. The zero-order valence-electron chi connectivity index (χ0n) is 8.12. The van der Waals surface area contributed by atoms with Crippen molar-refractivity contribution in [2.45, 2.75) is 0 Å². The fourth-order valence-electron chi connectivity index (χ4n) is 1.06. The van der Waals surface area contributed by atoms with E-state index >= 15 is 0 Å². The van der Waals surface area contributed by atoms with Crippen LogP contribution in [0.15, 0.2) is 24.5 Å². The zero-order valence-corrected chi connectivity index (χ0v) is 11.1. The third kappa shape index (κ3) is 3.13. The van der Waals surface area contributed by atoms with Crippen molar-refractivity contribution >= 4 is 46.4 Å². The maximum atomic E-state index is 5.91. The van der Waals surface area contributed by atoms with Crippen LogP contribution in [0.1, 0.15) is 0 Å². The van der Waals surface area contributed by atoms with Crippen LogP contribution in [-0.4, -0.2) is 9.97 Å². The van der Waals surface area contributed by atoms with Crippen LogP contribution < -0.4 is 4.74 Å². The SMILES string of the molecule is Clc1cncc(Oc2nc(Cl)c(Cl)cc2Cl)c1. The Hall–Kier alpha value is -0.740. The zero-order chi connectivity index (χ0) is 12.4. The van der Waals surface area contributed by atoms with E-state index in [0.29, 0.717) is 10.8 Å². The highest BCUT2D eigenvalue weighted by Gasteiger charge is 2.10. The largest absolute Gasteiger partial charge is 0.436 e. The van der Waals surface area contributed by atoms with Crippen molar-refractivity contribution < 1.29 is 4.74 Å². The van der Waals surface area contributed by atoms with Crippen LogP contribution in [0.25, 0.3) is 0 Å². The van der Waals surface area contributed by atoms with E-state index in [1.807, 2.05) is 0 Å². The van der Waals surface area contributed by atoms with Crippen LogP contribution in [0.2, 0.25) is 20.2 Å². The van der Waals surface area contributed by atoms with Gasteiger partial charge in [-0.15, -0.1) is 0 Å².